The Morgan fingerprint density at radius 2 is 1.65 bits per heavy atom. The normalized spacial score (nSPS) is 10.0. The zero-order valence-corrected chi connectivity index (χ0v) is 13.2. The summed E-state index contributed by atoms with van der Waals surface area (Å²) >= 11 is 0. The molecule has 2 aromatic rings. The highest BCUT2D eigenvalue weighted by molar-refractivity contribution is 6.07. The molecule has 0 aromatic heterocycles. The highest BCUT2D eigenvalue weighted by Crippen LogP contribution is 2.31. The van der Waals surface area contributed by atoms with Gasteiger partial charge >= 0.3 is 0 Å². The lowest BCUT2D eigenvalue weighted by Crippen LogP contribution is -2.15. The molecular formula is C17H18N2O4. The van der Waals surface area contributed by atoms with E-state index in [0.717, 1.165) is 5.56 Å². The second-order valence-electron chi connectivity index (χ2n) is 4.87. The van der Waals surface area contributed by atoms with Crippen molar-refractivity contribution in [3.8, 4) is 11.5 Å². The first-order chi connectivity index (χ1) is 11.0. The van der Waals surface area contributed by atoms with Gasteiger partial charge in [-0.1, -0.05) is 0 Å². The number of nitrogens with two attached hydrogens (primary N) is 1. The van der Waals surface area contributed by atoms with Gasteiger partial charge in [-0.25, -0.2) is 0 Å². The summed E-state index contributed by atoms with van der Waals surface area (Å²) in [5, 5.41) is 2.75. The molecule has 3 N–H and O–H groups in total. The summed E-state index contributed by atoms with van der Waals surface area (Å²) in [6.45, 7) is 1.82. The number of carbonyl (C=O) groups is 2. The van der Waals surface area contributed by atoms with E-state index in [1.807, 2.05) is 6.92 Å². The Balaban J connectivity index is 2.27. The maximum absolute atomic E-state index is 12.4. The average molecular weight is 314 g/mol. The third kappa shape index (κ3) is 3.42. The summed E-state index contributed by atoms with van der Waals surface area (Å²) < 4.78 is 10.5. The number of hydrogen-bond acceptors (Lipinski definition) is 4. The third-order valence-electron chi connectivity index (χ3n) is 3.45. The first-order valence-corrected chi connectivity index (χ1v) is 6.90. The number of nitrogens with one attached hydrogen (secondary N) is 1. The topological polar surface area (TPSA) is 90.6 Å². The van der Waals surface area contributed by atoms with Crippen LogP contribution < -0.4 is 20.5 Å². The first kappa shape index (κ1) is 16.4. The maximum atomic E-state index is 12.4. The summed E-state index contributed by atoms with van der Waals surface area (Å²) in [5.74, 6) is 0.259. The van der Waals surface area contributed by atoms with Crippen LogP contribution in [0.5, 0.6) is 11.5 Å². The van der Waals surface area contributed by atoms with Gasteiger partial charge < -0.3 is 20.5 Å². The molecule has 0 unspecified atom stereocenters. The van der Waals surface area contributed by atoms with Crippen LogP contribution in [0.25, 0.3) is 0 Å². The second-order valence-corrected chi connectivity index (χ2v) is 4.87. The highest BCUT2D eigenvalue weighted by Gasteiger charge is 2.17. The van der Waals surface area contributed by atoms with Crippen LogP contribution in [-0.4, -0.2) is 26.0 Å². The Morgan fingerprint density at radius 1 is 1.00 bits per heavy atom. The standard InChI is InChI=1S/C17H18N2O4/c1-10-14(22-2)9-8-13(15(10)23-3)17(21)19-12-6-4-11(5-7-12)16(18)20/h4-9H,1-3H3,(H2,18,20)(H,19,21). The van der Waals surface area contributed by atoms with Crippen LogP contribution >= 0.6 is 0 Å². The van der Waals surface area contributed by atoms with Gasteiger partial charge in [0, 0.05) is 16.8 Å². The molecule has 0 saturated heterocycles. The summed E-state index contributed by atoms with van der Waals surface area (Å²) in [6, 6.07) is 9.67. The Labute approximate surface area is 134 Å². The molecule has 6 nitrogen and oxygen atoms in total. The molecule has 0 spiro atoms. The molecule has 0 heterocycles. The van der Waals surface area contributed by atoms with E-state index in [4.69, 9.17) is 15.2 Å². The fraction of sp³-hybridized carbons (Fsp3) is 0.176. The number of amides is 2. The summed E-state index contributed by atoms with van der Waals surface area (Å²) in [7, 11) is 3.06. The molecule has 0 radical (unpaired) electrons. The van der Waals surface area contributed by atoms with Crippen LogP contribution in [0.1, 0.15) is 26.3 Å². The molecular weight excluding hydrogens is 296 g/mol. The first-order valence-electron chi connectivity index (χ1n) is 6.90. The van der Waals surface area contributed by atoms with Gasteiger partial charge in [-0.2, -0.15) is 0 Å². The minimum absolute atomic E-state index is 0.320. The summed E-state index contributed by atoms with van der Waals surface area (Å²) in [5.41, 5.74) is 7.25. The maximum Gasteiger partial charge on any atom is 0.259 e. The predicted molar refractivity (Wildman–Crippen MR) is 87.2 cm³/mol. The van der Waals surface area contributed by atoms with Gasteiger partial charge in [-0.05, 0) is 43.3 Å². The van der Waals surface area contributed by atoms with Gasteiger partial charge in [0.15, 0.2) is 0 Å². The fourth-order valence-electron chi connectivity index (χ4n) is 2.25. The van der Waals surface area contributed by atoms with Crippen molar-refractivity contribution in [2.24, 2.45) is 5.73 Å². The van der Waals surface area contributed by atoms with E-state index in [2.05, 4.69) is 5.32 Å². The number of carbonyl (C=O) groups excluding carboxylic acids is 2. The van der Waals surface area contributed by atoms with Crippen molar-refractivity contribution >= 4 is 17.5 Å². The fourth-order valence-corrected chi connectivity index (χ4v) is 2.25. The lowest BCUT2D eigenvalue weighted by Gasteiger charge is -2.14. The van der Waals surface area contributed by atoms with E-state index in [9.17, 15) is 9.59 Å². The van der Waals surface area contributed by atoms with E-state index >= 15 is 0 Å². The minimum atomic E-state index is -0.518. The van der Waals surface area contributed by atoms with Gasteiger partial charge in [-0.15, -0.1) is 0 Å². The number of primary amides is 1. The van der Waals surface area contributed by atoms with Crippen LogP contribution in [0, 0.1) is 6.92 Å². The van der Waals surface area contributed by atoms with Gasteiger partial charge in [-0.3, -0.25) is 9.59 Å². The molecule has 0 aliphatic heterocycles. The second kappa shape index (κ2) is 6.83. The molecule has 0 atom stereocenters. The Bertz CT molecular complexity index is 739. The van der Waals surface area contributed by atoms with Crippen molar-refractivity contribution in [2.45, 2.75) is 6.92 Å². The van der Waals surface area contributed by atoms with Crippen molar-refractivity contribution in [1.29, 1.82) is 0 Å². The Kier molecular flexibility index (Phi) is 4.85. The number of benzene rings is 2. The molecule has 2 rings (SSSR count). The average Bonchev–Trinajstić information content (AvgIpc) is 2.54. The molecule has 2 aromatic carbocycles. The van der Waals surface area contributed by atoms with Gasteiger partial charge in [0.2, 0.25) is 5.91 Å². The number of hydrogen-bond donors (Lipinski definition) is 2. The van der Waals surface area contributed by atoms with E-state index < -0.39 is 5.91 Å². The van der Waals surface area contributed by atoms with Crippen molar-refractivity contribution < 1.29 is 19.1 Å². The van der Waals surface area contributed by atoms with Crippen molar-refractivity contribution in [3.05, 3.63) is 53.1 Å². The molecule has 120 valence electrons. The van der Waals surface area contributed by atoms with E-state index in [1.165, 1.54) is 7.11 Å². The lowest BCUT2D eigenvalue weighted by molar-refractivity contribution is 0.0998. The highest BCUT2D eigenvalue weighted by atomic mass is 16.5. The van der Waals surface area contributed by atoms with Crippen molar-refractivity contribution in [1.82, 2.24) is 0 Å². The smallest absolute Gasteiger partial charge is 0.259 e. The quantitative estimate of drug-likeness (QED) is 0.886. The monoisotopic (exact) mass is 314 g/mol. The molecule has 0 fully saturated rings. The SMILES string of the molecule is COc1ccc(C(=O)Nc2ccc(C(N)=O)cc2)c(OC)c1C. The van der Waals surface area contributed by atoms with Crippen LogP contribution in [0.3, 0.4) is 0 Å². The lowest BCUT2D eigenvalue weighted by atomic mass is 10.1. The zero-order chi connectivity index (χ0) is 17.0. The van der Waals surface area contributed by atoms with Crippen LogP contribution in [0.2, 0.25) is 0 Å². The minimum Gasteiger partial charge on any atom is -0.496 e. The summed E-state index contributed by atoms with van der Waals surface area (Å²) in [6.07, 6.45) is 0. The number of anilines is 1. The molecule has 2 amide bonds. The van der Waals surface area contributed by atoms with Crippen LogP contribution in [0.4, 0.5) is 5.69 Å². The van der Waals surface area contributed by atoms with E-state index in [-0.39, 0.29) is 5.91 Å². The predicted octanol–water partition coefficient (Wildman–Crippen LogP) is 2.36. The van der Waals surface area contributed by atoms with Crippen molar-refractivity contribution in [2.75, 3.05) is 19.5 Å². The molecule has 23 heavy (non-hydrogen) atoms. The van der Waals surface area contributed by atoms with E-state index in [1.54, 1.807) is 43.5 Å². The summed E-state index contributed by atoms with van der Waals surface area (Å²) in [4.78, 5) is 23.5. The molecule has 0 bridgehead atoms. The van der Waals surface area contributed by atoms with Gasteiger partial charge in [0.05, 0.1) is 19.8 Å². The van der Waals surface area contributed by atoms with Crippen molar-refractivity contribution in [3.63, 3.8) is 0 Å². The molecule has 0 aliphatic carbocycles. The molecule has 0 saturated carbocycles. The third-order valence-corrected chi connectivity index (χ3v) is 3.45. The Hall–Kier alpha value is -3.02. The Morgan fingerprint density at radius 3 is 2.17 bits per heavy atom. The number of methoxy groups -OCH3 is 2. The molecule has 0 aliphatic rings. The van der Waals surface area contributed by atoms with Crippen LogP contribution in [0.15, 0.2) is 36.4 Å². The largest absolute Gasteiger partial charge is 0.496 e. The molecule has 6 heteroatoms. The van der Waals surface area contributed by atoms with Gasteiger partial charge in [0.1, 0.15) is 11.5 Å². The zero-order valence-electron chi connectivity index (χ0n) is 13.2. The number of rotatable bonds is 5. The van der Waals surface area contributed by atoms with Gasteiger partial charge in [0.25, 0.3) is 5.91 Å². The van der Waals surface area contributed by atoms with E-state index in [0.29, 0.717) is 28.3 Å². The van der Waals surface area contributed by atoms with Crippen LogP contribution in [-0.2, 0) is 0 Å². The number of ether oxygens (including phenoxy) is 2.